The monoisotopic (exact) mass is 360 g/mol. The topological polar surface area (TPSA) is 78.4 Å². The Bertz CT molecular complexity index is 767. The molecule has 1 amide bonds. The van der Waals surface area contributed by atoms with Crippen LogP contribution in [0, 0.1) is 11.8 Å². The summed E-state index contributed by atoms with van der Waals surface area (Å²) in [6.07, 6.45) is 8.28. The van der Waals surface area contributed by atoms with Gasteiger partial charge in [-0.25, -0.2) is 4.79 Å². The summed E-state index contributed by atoms with van der Waals surface area (Å²) in [5.74, 6) is 1.56. The van der Waals surface area contributed by atoms with Crippen molar-refractivity contribution in [3.05, 3.63) is 33.1 Å². The molecule has 0 unspecified atom stereocenters. The number of hydrogen-bond donors (Lipinski definition) is 1. The molecule has 1 saturated carbocycles. The highest BCUT2D eigenvalue weighted by atomic mass is 16.2. The predicted molar refractivity (Wildman–Crippen MR) is 97.9 cm³/mol. The minimum absolute atomic E-state index is 0.116. The van der Waals surface area contributed by atoms with Crippen molar-refractivity contribution in [3.8, 4) is 0 Å². The highest BCUT2D eigenvalue weighted by molar-refractivity contribution is 5.76. The Balaban J connectivity index is 1.36. The number of H-pyrrole nitrogens is 1. The second-order valence-electron chi connectivity index (χ2n) is 8.20. The molecule has 1 aromatic rings. The summed E-state index contributed by atoms with van der Waals surface area (Å²) >= 11 is 0. The summed E-state index contributed by atoms with van der Waals surface area (Å²) in [5.41, 5.74) is -0.860. The minimum Gasteiger partial charge on any atom is -0.341 e. The Kier molecular flexibility index (Phi) is 4.98. The van der Waals surface area contributed by atoms with Gasteiger partial charge in [-0.15, -0.1) is 0 Å². The van der Waals surface area contributed by atoms with Gasteiger partial charge in [0.15, 0.2) is 0 Å². The highest BCUT2D eigenvalue weighted by Gasteiger charge is 2.37. The predicted octanol–water partition coefficient (Wildman–Crippen LogP) is 0.650. The maximum atomic E-state index is 12.7. The van der Waals surface area contributed by atoms with E-state index in [1.807, 2.05) is 4.90 Å². The smallest absolute Gasteiger partial charge is 0.328 e. The summed E-state index contributed by atoms with van der Waals surface area (Å²) in [7, 11) is 0. The van der Waals surface area contributed by atoms with E-state index in [9.17, 15) is 14.4 Å². The van der Waals surface area contributed by atoms with Crippen molar-refractivity contribution >= 4 is 5.91 Å². The molecule has 142 valence electrons. The lowest BCUT2D eigenvalue weighted by atomic mass is 9.83. The van der Waals surface area contributed by atoms with Gasteiger partial charge in [0, 0.05) is 57.4 Å². The van der Waals surface area contributed by atoms with Gasteiger partial charge in [-0.1, -0.05) is 6.42 Å². The summed E-state index contributed by atoms with van der Waals surface area (Å²) in [6.45, 7) is 4.31. The molecule has 1 N–H and O–H groups in total. The summed E-state index contributed by atoms with van der Waals surface area (Å²) in [4.78, 5) is 42.5. The normalized spacial score (nSPS) is 26.5. The second kappa shape index (κ2) is 7.39. The number of aromatic nitrogens is 2. The molecule has 3 saturated heterocycles. The van der Waals surface area contributed by atoms with Gasteiger partial charge in [0.2, 0.25) is 5.91 Å². The quantitative estimate of drug-likeness (QED) is 0.836. The van der Waals surface area contributed by atoms with E-state index in [0.717, 1.165) is 25.6 Å². The number of nitrogens with zero attached hydrogens (tertiary/aromatic N) is 3. The van der Waals surface area contributed by atoms with E-state index in [-0.39, 0.29) is 5.91 Å². The van der Waals surface area contributed by atoms with Gasteiger partial charge in [0.05, 0.1) is 0 Å². The number of rotatable bonds is 5. The molecule has 0 spiro atoms. The Morgan fingerprint density at radius 2 is 1.96 bits per heavy atom. The van der Waals surface area contributed by atoms with Crippen LogP contribution in [0.5, 0.6) is 0 Å². The van der Waals surface area contributed by atoms with Gasteiger partial charge in [-0.05, 0) is 37.5 Å². The first-order chi connectivity index (χ1) is 12.6. The van der Waals surface area contributed by atoms with Gasteiger partial charge < -0.3 is 9.47 Å². The zero-order valence-electron chi connectivity index (χ0n) is 15.2. The molecule has 0 radical (unpaired) electrons. The fourth-order valence-electron chi connectivity index (χ4n) is 4.61. The molecule has 3 aliphatic heterocycles. The fourth-order valence-corrected chi connectivity index (χ4v) is 4.61. The highest BCUT2D eigenvalue weighted by Crippen LogP contribution is 2.33. The molecule has 7 nitrogen and oxygen atoms in total. The zero-order valence-corrected chi connectivity index (χ0v) is 15.2. The van der Waals surface area contributed by atoms with Crippen LogP contribution in [0.3, 0.4) is 0 Å². The number of nitrogens with one attached hydrogen (secondary N) is 1. The van der Waals surface area contributed by atoms with Crippen molar-refractivity contribution in [2.45, 2.75) is 51.1 Å². The third kappa shape index (κ3) is 3.77. The standard InChI is InChI=1S/C19H28N4O3/c24-17-6-8-21(19(26)20-17)9-7-18(25)23-12-15-4-5-16(13-23)22(11-15)10-14-2-1-3-14/h6,8,14-16H,1-5,7,9-13H2,(H,20,24,26)/t15-,16-/m0/s1. The number of aromatic amines is 1. The van der Waals surface area contributed by atoms with Gasteiger partial charge in [0.1, 0.15) is 0 Å². The van der Waals surface area contributed by atoms with E-state index in [1.165, 1.54) is 55.5 Å². The minimum atomic E-state index is -0.451. The second-order valence-corrected chi connectivity index (χ2v) is 8.20. The number of fused-ring (bicyclic) bond motifs is 4. The SMILES string of the molecule is O=C(CCn1ccc(=O)[nH]c1=O)N1C[C@H]2CC[C@@H](C1)N(CC1CCC1)C2. The number of carbonyl (C=O) groups is 1. The van der Waals surface area contributed by atoms with Crippen molar-refractivity contribution < 1.29 is 4.79 Å². The molecule has 26 heavy (non-hydrogen) atoms. The van der Waals surface area contributed by atoms with Crippen molar-refractivity contribution in [1.82, 2.24) is 19.4 Å². The molecule has 5 rings (SSSR count). The largest absolute Gasteiger partial charge is 0.341 e. The fraction of sp³-hybridized carbons (Fsp3) is 0.737. The molecule has 7 heteroatoms. The number of aryl methyl sites for hydroxylation is 1. The molecule has 0 aromatic carbocycles. The number of carbonyl (C=O) groups excluding carboxylic acids is 1. The number of amides is 1. The first kappa shape index (κ1) is 17.5. The van der Waals surface area contributed by atoms with Crippen LogP contribution in [-0.4, -0.2) is 57.5 Å². The molecular weight excluding hydrogens is 332 g/mol. The molecule has 1 aromatic heterocycles. The van der Waals surface area contributed by atoms with Crippen LogP contribution in [0.25, 0.3) is 0 Å². The van der Waals surface area contributed by atoms with Crippen molar-refractivity contribution in [1.29, 1.82) is 0 Å². The molecule has 1 aliphatic carbocycles. The van der Waals surface area contributed by atoms with Crippen LogP contribution >= 0.6 is 0 Å². The van der Waals surface area contributed by atoms with E-state index < -0.39 is 11.2 Å². The lowest BCUT2D eigenvalue weighted by molar-refractivity contribution is -0.131. The average Bonchev–Trinajstić information content (AvgIpc) is 2.89. The Morgan fingerprint density at radius 3 is 2.69 bits per heavy atom. The average molecular weight is 360 g/mol. The molecule has 4 heterocycles. The van der Waals surface area contributed by atoms with Gasteiger partial charge in [-0.3, -0.25) is 19.5 Å². The third-order valence-corrected chi connectivity index (χ3v) is 6.36. The zero-order chi connectivity index (χ0) is 18.1. The van der Waals surface area contributed by atoms with Crippen molar-refractivity contribution in [3.63, 3.8) is 0 Å². The first-order valence-electron chi connectivity index (χ1n) is 9.90. The molecule has 2 atom stereocenters. The van der Waals surface area contributed by atoms with E-state index in [2.05, 4.69) is 9.88 Å². The number of hydrogen-bond acceptors (Lipinski definition) is 4. The first-order valence-corrected chi connectivity index (χ1v) is 9.90. The van der Waals surface area contributed by atoms with Crippen LogP contribution in [0.2, 0.25) is 0 Å². The Labute approximate surface area is 153 Å². The number of piperidine rings is 1. The maximum Gasteiger partial charge on any atom is 0.328 e. The molecule has 4 aliphatic rings. The van der Waals surface area contributed by atoms with E-state index in [4.69, 9.17) is 0 Å². The van der Waals surface area contributed by atoms with Crippen molar-refractivity contribution in [2.24, 2.45) is 11.8 Å². The van der Waals surface area contributed by atoms with Crippen LogP contribution in [0.15, 0.2) is 21.9 Å². The van der Waals surface area contributed by atoms with Crippen LogP contribution in [0.4, 0.5) is 0 Å². The summed E-state index contributed by atoms with van der Waals surface area (Å²) in [5, 5.41) is 0. The van der Waals surface area contributed by atoms with Gasteiger partial charge in [0.25, 0.3) is 5.56 Å². The molecule has 2 bridgehead atoms. The summed E-state index contributed by atoms with van der Waals surface area (Å²) < 4.78 is 1.40. The van der Waals surface area contributed by atoms with Crippen LogP contribution in [-0.2, 0) is 11.3 Å². The maximum absolute atomic E-state index is 12.7. The van der Waals surface area contributed by atoms with Gasteiger partial charge in [-0.2, -0.15) is 0 Å². The third-order valence-electron chi connectivity index (χ3n) is 6.36. The van der Waals surface area contributed by atoms with Crippen molar-refractivity contribution in [2.75, 3.05) is 26.2 Å². The lowest BCUT2D eigenvalue weighted by Crippen LogP contribution is -2.47. The van der Waals surface area contributed by atoms with Crippen LogP contribution < -0.4 is 11.2 Å². The van der Waals surface area contributed by atoms with E-state index in [1.54, 1.807) is 0 Å². The Hall–Kier alpha value is -1.89. The van der Waals surface area contributed by atoms with Gasteiger partial charge >= 0.3 is 5.69 Å². The molecular formula is C19H28N4O3. The lowest BCUT2D eigenvalue weighted by Gasteiger charge is -2.40. The Morgan fingerprint density at radius 1 is 1.12 bits per heavy atom. The van der Waals surface area contributed by atoms with E-state index in [0.29, 0.717) is 24.9 Å². The molecule has 4 fully saturated rings. The van der Waals surface area contributed by atoms with Crippen LogP contribution in [0.1, 0.15) is 38.5 Å². The summed E-state index contributed by atoms with van der Waals surface area (Å²) in [6, 6.07) is 1.81. The van der Waals surface area contributed by atoms with E-state index >= 15 is 0 Å².